The Morgan fingerprint density at radius 2 is 1.81 bits per heavy atom. The van der Waals surface area contributed by atoms with Gasteiger partial charge in [-0.15, -0.1) is 0 Å². The molecule has 37 heavy (non-hydrogen) atoms. The Bertz CT molecular complexity index is 1590. The molecule has 5 aromatic rings. The van der Waals surface area contributed by atoms with Gasteiger partial charge in [-0.05, 0) is 24.3 Å². The maximum absolute atomic E-state index is 14.3. The highest BCUT2D eigenvalue weighted by Crippen LogP contribution is 2.29. The molecule has 0 atom stereocenters. The van der Waals surface area contributed by atoms with Crippen LogP contribution in [0.4, 0.5) is 20.3 Å². The van der Waals surface area contributed by atoms with Gasteiger partial charge in [0.2, 0.25) is 0 Å². The molecule has 0 saturated carbocycles. The first-order valence-corrected chi connectivity index (χ1v) is 11.3. The molecule has 188 valence electrons. The van der Waals surface area contributed by atoms with Crippen LogP contribution in [0.3, 0.4) is 0 Å². The molecule has 2 aromatic carbocycles. The summed E-state index contributed by atoms with van der Waals surface area (Å²) >= 11 is 0. The summed E-state index contributed by atoms with van der Waals surface area (Å²) in [6.07, 6.45) is 2.54. The molecular formula is C26H23F2N7O2. The van der Waals surface area contributed by atoms with Crippen LogP contribution in [0.5, 0.6) is 11.5 Å². The lowest BCUT2D eigenvalue weighted by Gasteiger charge is -2.13. The normalized spacial score (nSPS) is 11.0. The standard InChI is InChI=1S/C26H23F2N7O2/c1-36-18-8-7-15(22(10-18)37-2)11-30-24-21(29)13-31-25(33-24)23-19-9-17(27)12-32-26(19)35(34-23)14-16-5-3-4-6-20(16)28/h3-10,12-13H,11,14,29H2,1-2H3,(H,30,31,33). The first-order valence-electron chi connectivity index (χ1n) is 11.3. The third-order valence-corrected chi connectivity index (χ3v) is 5.80. The Balaban J connectivity index is 1.50. The number of nitrogens with zero attached hydrogens (tertiary/aromatic N) is 5. The number of methoxy groups -OCH3 is 2. The predicted octanol–water partition coefficient (Wildman–Crippen LogP) is 4.43. The van der Waals surface area contributed by atoms with Gasteiger partial charge in [-0.3, -0.25) is 0 Å². The molecule has 0 fully saturated rings. The summed E-state index contributed by atoms with van der Waals surface area (Å²) in [4.78, 5) is 13.1. The molecule has 0 amide bonds. The van der Waals surface area contributed by atoms with Gasteiger partial charge in [0, 0.05) is 23.7 Å². The number of hydrogen-bond donors (Lipinski definition) is 2. The largest absolute Gasteiger partial charge is 0.497 e. The van der Waals surface area contributed by atoms with Crippen molar-refractivity contribution in [3.8, 4) is 23.0 Å². The molecule has 0 bridgehead atoms. The third kappa shape index (κ3) is 4.83. The number of nitrogens with one attached hydrogen (secondary N) is 1. The van der Waals surface area contributed by atoms with Crippen LogP contribution in [0.15, 0.2) is 60.9 Å². The van der Waals surface area contributed by atoms with E-state index in [1.165, 1.54) is 23.0 Å². The van der Waals surface area contributed by atoms with E-state index in [4.69, 9.17) is 15.2 Å². The highest BCUT2D eigenvalue weighted by Gasteiger charge is 2.19. The van der Waals surface area contributed by atoms with E-state index in [1.807, 2.05) is 12.1 Å². The van der Waals surface area contributed by atoms with E-state index in [1.54, 1.807) is 38.5 Å². The van der Waals surface area contributed by atoms with E-state index < -0.39 is 5.82 Å². The number of hydrogen-bond acceptors (Lipinski definition) is 8. The highest BCUT2D eigenvalue weighted by atomic mass is 19.1. The van der Waals surface area contributed by atoms with Gasteiger partial charge in [0.05, 0.1) is 44.2 Å². The molecule has 0 aliphatic heterocycles. The topological polar surface area (TPSA) is 113 Å². The fraction of sp³-hybridized carbons (Fsp3) is 0.154. The first kappa shape index (κ1) is 23.9. The van der Waals surface area contributed by atoms with E-state index in [0.717, 1.165) is 11.8 Å². The molecule has 0 aliphatic carbocycles. The Labute approximate surface area is 210 Å². The van der Waals surface area contributed by atoms with Crippen LogP contribution < -0.4 is 20.5 Å². The Morgan fingerprint density at radius 3 is 2.59 bits per heavy atom. The fourth-order valence-electron chi connectivity index (χ4n) is 3.92. The molecule has 5 rings (SSSR count). The molecule has 11 heteroatoms. The zero-order valence-corrected chi connectivity index (χ0v) is 20.1. The minimum absolute atomic E-state index is 0.0964. The number of benzene rings is 2. The second-order valence-electron chi connectivity index (χ2n) is 8.15. The van der Waals surface area contributed by atoms with Gasteiger partial charge in [0.25, 0.3) is 0 Å². The minimum atomic E-state index is -0.542. The molecule has 3 heterocycles. The molecular weight excluding hydrogens is 480 g/mol. The predicted molar refractivity (Wildman–Crippen MR) is 135 cm³/mol. The zero-order chi connectivity index (χ0) is 25.9. The monoisotopic (exact) mass is 503 g/mol. The number of nitrogens with two attached hydrogens (primary N) is 1. The Hall–Kier alpha value is -4.80. The SMILES string of the molecule is COc1ccc(CNc2nc(-c3nn(Cc4ccccc4F)c4ncc(F)cc34)ncc2N)c(OC)c1. The number of fused-ring (bicyclic) bond motifs is 1. The van der Waals surface area contributed by atoms with Gasteiger partial charge in [-0.2, -0.15) is 5.10 Å². The van der Waals surface area contributed by atoms with Crippen LogP contribution in [0, 0.1) is 11.6 Å². The van der Waals surface area contributed by atoms with Crippen molar-refractivity contribution in [2.75, 3.05) is 25.3 Å². The maximum Gasteiger partial charge on any atom is 0.182 e. The lowest BCUT2D eigenvalue weighted by molar-refractivity contribution is 0.391. The average Bonchev–Trinajstić information content (AvgIpc) is 3.26. The van der Waals surface area contributed by atoms with Gasteiger partial charge in [-0.25, -0.2) is 28.4 Å². The van der Waals surface area contributed by atoms with Gasteiger partial charge in [-0.1, -0.05) is 18.2 Å². The highest BCUT2D eigenvalue weighted by molar-refractivity contribution is 5.89. The van der Waals surface area contributed by atoms with Crippen LogP contribution >= 0.6 is 0 Å². The lowest BCUT2D eigenvalue weighted by Crippen LogP contribution is -2.08. The second-order valence-corrected chi connectivity index (χ2v) is 8.15. The Morgan fingerprint density at radius 1 is 0.973 bits per heavy atom. The summed E-state index contributed by atoms with van der Waals surface area (Å²) in [5.74, 6) is 0.966. The van der Waals surface area contributed by atoms with E-state index in [0.29, 0.717) is 51.8 Å². The van der Waals surface area contributed by atoms with Crippen LogP contribution in [-0.4, -0.2) is 39.0 Å². The van der Waals surface area contributed by atoms with Crippen molar-refractivity contribution in [1.29, 1.82) is 0 Å². The van der Waals surface area contributed by atoms with Gasteiger partial charge in [0.15, 0.2) is 17.3 Å². The molecule has 3 N–H and O–H groups in total. The summed E-state index contributed by atoms with van der Waals surface area (Å²) in [7, 11) is 3.16. The molecule has 0 unspecified atom stereocenters. The molecule has 9 nitrogen and oxygen atoms in total. The summed E-state index contributed by atoms with van der Waals surface area (Å²) in [5.41, 5.74) is 8.38. The fourth-order valence-corrected chi connectivity index (χ4v) is 3.92. The molecule has 0 radical (unpaired) electrons. The van der Waals surface area contributed by atoms with Crippen molar-refractivity contribution in [3.63, 3.8) is 0 Å². The van der Waals surface area contributed by atoms with Crippen LogP contribution in [0.1, 0.15) is 11.1 Å². The second kappa shape index (κ2) is 10.1. The average molecular weight is 504 g/mol. The molecule has 0 spiro atoms. The minimum Gasteiger partial charge on any atom is -0.497 e. The quantitative estimate of drug-likeness (QED) is 0.320. The lowest BCUT2D eigenvalue weighted by atomic mass is 10.2. The van der Waals surface area contributed by atoms with Crippen molar-refractivity contribution >= 4 is 22.5 Å². The van der Waals surface area contributed by atoms with Crippen molar-refractivity contribution in [2.45, 2.75) is 13.1 Å². The van der Waals surface area contributed by atoms with Crippen LogP contribution in [0.2, 0.25) is 0 Å². The third-order valence-electron chi connectivity index (χ3n) is 5.80. The summed E-state index contributed by atoms with van der Waals surface area (Å²) < 4.78 is 40.7. The number of ether oxygens (including phenoxy) is 2. The van der Waals surface area contributed by atoms with Crippen molar-refractivity contribution in [1.82, 2.24) is 24.7 Å². The molecule has 0 saturated heterocycles. The number of aromatic nitrogens is 5. The maximum atomic E-state index is 14.3. The van der Waals surface area contributed by atoms with E-state index in [9.17, 15) is 8.78 Å². The molecule has 3 aromatic heterocycles. The number of halogens is 2. The molecule has 0 aliphatic rings. The zero-order valence-electron chi connectivity index (χ0n) is 20.1. The van der Waals surface area contributed by atoms with E-state index in [2.05, 4.69) is 25.4 Å². The number of rotatable bonds is 8. The number of pyridine rings is 1. The van der Waals surface area contributed by atoms with Gasteiger partial charge >= 0.3 is 0 Å². The Kier molecular flexibility index (Phi) is 6.50. The van der Waals surface area contributed by atoms with Crippen LogP contribution in [-0.2, 0) is 13.1 Å². The summed E-state index contributed by atoms with van der Waals surface area (Å²) in [5, 5.41) is 8.15. The first-order chi connectivity index (χ1) is 18.0. The van der Waals surface area contributed by atoms with Gasteiger partial charge in [0.1, 0.15) is 28.8 Å². The number of nitrogen functional groups attached to an aromatic ring is 1. The van der Waals surface area contributed by atoms with E-state index >= 15 is 0 Å². The number of anilines is 2. The van der Waals surface area contributed by atoms with Gasteiger partial charge < -0.3 is 20.5 Å². The van der Waals surface area contributed by atoms with Crippen molar-refractivity contribution in [3.05, 3.63) is 83.7 Å². The van der Waals surface area contributed by atoms with Crippen molar-refractivity contribution in [2.24, 2.45) is 0 Å². The summed E-state index contributed by atoms with van der Waals surface area (Å²) in [6.45, 7) is 0.450. The van der Waals surface area contributed by atoms with Crippen molar-refractivity contribution < 1.29 is 18.3 Å². The van der Waals surface area contributed by atoms with Crippen LogP contribution in [0.25, 0.3) is 22.6 Å². The van der Waals surface area contributed by atoms with E-state index in [-0.39, 0.29) is 18.2 Å². The smallest absolute Gasteiger partial charge is 0.182 e. The summed E-state index contributed by atoms with van der Waals surface area (Å²) in [6, 6.07) is 13.1.